The fraction of sp³-hybridized carbons (Fsp3) is 0.414. The van der Waals surface area contributed by atoms with Crippen molar-refractivity contribution in [3.8, 4) is 17.1 Å². The first-order valence-electron chi connectivity index (χ1n) is 12.6. The van der Waals surface area contributed by atoms with E-state index in [4.69, 9.17) is 9.47 Å². The van der Waals surface area contributed by atoms with E-state index in [0.717, 1.165) is 34.1 Å². The number of nitrogens with one attached hydrogen (secondary N) is 1. The number of benzene rings is 2. The number of imidazole rings is 1. The molecule has 2 N–H and O–H groups in total. The van der Waals surface area contributed by atoms with Gasteiger partial charge in [0, 0.05) is 36.7 Å². The van der Waals surface area contributed by atoms with Crippen LogP contribution in [0.4, 0.5) is 4.79 Å². The van der Waals surface area contributed by atoms with E-state index in [-0.39, 0.29) is 18.3 Å². The molecule has 0 saturated carbocycles. The minimum Gasteiger partial charge on any atom is -0.493 e. The highest BCUT2D eigenvalue weighted by atomic mass is 16.6. The van der Waals surface area contributed by atoms with Crippen molar-refractivity contribution in [1.82, 2.24) is 14.9 Å². The molecule has 1 saturated heterocycles. The van der Waals surface area contributed by atoms with Crippen LogP contribution in [0.1, 0.15) is 50.1 Å². The van der Waals surface area contributed by atoms with Gasteiger partial charge in [0.1, 0.15) is 17.2 Å². The van der Waals surface area contributed by atoms with Gasteiger partial charge in [-0.3, -0.25) is 4.79 Å². The van der Waals surface area contributed by atoms with Crippen molar-refractivity contribution in [3.05, 3.63) is 71.5 Å². The third-order valence-electron chi connectivity index (χ3n) is 6.49. The van der Waals surface area contributed by atoms with Crippen LogP contribution in [0.15, 0.2) is 54.6 Å². The number of aliphatic carboxylic acids is 1. The van der Waals surface area contributed by atoms with Gasteiger partial charge in [-0.1, -0.05) is 42.5 Å². The van der Waals surface area contributed by atoms with Gasteiger partial charge in [0.2, 0.25) is 0 Å². The molecule has 4 rings (SSSR count). The lowest BCUT2D eigenvalue weighted by molar-refractivity contribution is -0.138. The van der Waals surface area contributed by atoms with Gasteiger partial charge in [0.05, 0.1) is 18.7 Å². The molecular formula is C29H35N3O5. The lowest BCUT2D eigenvalue weighted by Crippen LogP contribution is -2.35. The maximum absolute atomic E-state index is 12.6. The fourth-order valence-electron chi connectivity index (χ4n) is 4.71. The normalized spacial score (nSPS) is 17.6. The van der Waals surface area contributed by atoms with Gasteiger partial charge in [-0.15, -0.1) is 0 Å². The largest absolute Gasteiger partial charge is 0.493 e. The van der Waals surface area contributed by atoms with E-state index in [1.54, 1.807) is 4.90 Å². The Morgan fingerprint density at radius 1 is 1.08 bits per heavy atom. The standard InChI is InChI=1S/C29H35N3O5/c1-19-25(31-27(30-19)21-8-6-5-7-9-21)14-15-36-23-12-10-20(11-13-23)24-18-32(17-22(24)16-26(33)34)28(35)37-29(2,3)4/h5-13,22,24H,14-18H2,1-4H3,(H,30,31)(H,33,34)/t22-,24-/m0/s1. The summed E-state index contributed by atoms with van der Waals surface area (Å²) >= 11 is 0. The molecule has 1 amide bonds. The van der Waals surface area contributed by atoms with Crippen molar-refractivity contribution >= 4 is 12.1 Å². The Bertz CT molecular complexity index is 1210. The number of amides is 1. The average Bonchev–Trinajstić information content (AvgIpc) is 3.42. The monoisotopic (exact) mass is 505 g/mol. The summed E-state index contributed by atoms with van der Waals surface area (Å²) in [4.78, 5) is 33.7. The lowest BCUT2D eigenvalue weighted by Gasteiger charge is -2.24. The number of ether oxygens (including phenoxy) is 2. The highest BCUT2D eigenvalue weighted by Crippen LogP contribution is 2.36. The average molecular weight is 506 g/mol. The molecule has 0 aliphatic carbocycles. The first-order chi connectivity index (χ1) is 17.6. The minimum atomic E-state index is -0.870. The highest BCUT2D eigenvalue weighted by Gasteiger charge is 2.38. The van der Waals surface area contributed by atoms with E-state index in [9.17, 15) is 14.7 Å². The number of aromatic amines is 1. The van der Waals surface area contributed by atoms with Gasteiger partial charge in [-0.25, -0.2) is 9.78 Å². The number of H-pyrrole nitrogens is 1. The van der Waals surface area contributed by atoms with E-state index in [0.29, 0.717) is 26.1 Å². The first-order valence-corrected chi connectivity index (χ1v) is 12.6. The van der Waals surface area contributed by atoms with E-state index in [1.807, 2.05) is 82.3 Å². The van der Waals surface area contributed by atoms with Crippen LogP contribution < -0.4 is 4.74 Å². The third kappa shape index (κ3) is 6.90. The minimum absolute atomic E-state index is 0.00325. The fourth-order valence-corrected chi connectivity index (χ4v) is 4.71. The van der Waals surface area contributed by atoms with E-state index in [1.165, 1.54) is 0 Å². The zero-order valence-electron chi connectivity index (χ0n) is 21.9. The van der Waals surface area contributed by atoms with Crippen molar-refractivity contribution in [2.75, 3.05) is 19.7 Å². The summed E-state index contributed by atoms with van der Waals surface area (Å²) in [6.07, 6.45) is 0.285. The number of likely N-dealkylation sites (tertiary alicyclic amines) is 1. The number of carbonyl (C=O) groups excluding carboxylic acids is 1. The second-order valence-electron chi connectivity index (χ2n) is 10.5. The molecule has 196 valence electrons. The summed E-state index contributed by atoms with van der Waals surface area (Å²) in [6, 6.07) is 17.7. The van der Waals surface area contributed by atoms with Crippen LogP contribution in [-0.4, -0.2) is 57.3 Å². The molecule has 0 unspecified atom stereocenters. The lowest BCUT2D eigenvalue weighted by atomic mass is 9.87. The Hall–Kier alpha value is -3.81. The van der Waals surface area contributed by atoms with E-state index >= 15 is 0 Å². The van der Waals surface area contributed by atoms with Crippen molar-refractivity contribution in [3.63, 3.8) is 0 Å². The second-order valence-corrected chi connectivity index (χ2v) is 10.5. The first kappa shape index (κ1) is 26.3. The second kappa shape index (κ2) is 11.1. The Morgan fingerprint density at radius 3 is 2.43 bits per heavy atom. The van der Waals surface area contributed by atoms with Crippen LogP contribution in [0.3, 0.4) is 0 Å². The van der Waals surface area contributed by atoms with Gasteiger partial charge >= 0.3 is 12.1 Å². The van der Waals surface area contributed by atoms with Crippen LogP contribution >= 0.6 is 0 Å². The summed E-state index contributed by atoms with van der Waals surface area (Å²) < 4.78 is 11.5. The van der Waals surface area contributed by atoms with Crippen LogP contribution in [0.5, 0.6) is 5.75 Å². The highest BCUT2D eigenvalue weighted by molar-refractivity contribution is 5.70. The molecule has 0 bridgehead atoms. The predicted molar refractivity (Wildman–Crippen MR) is 141 cm³/mol. The van der Waals surface area contributed by atoms with Gasteiger partial charge in [0.15, 0.2) is 0 Å². The Morgan fingerprint density at radius 2 is 1.78 bits per heavy atom. The molecule has 1 aromatic heterocycles. The third-order valence-corrected chi connectivity index (χ3v) is 6.49. The number of carbonyl (C=O) groups is 2. The van der Waals surface area contributed by atoms with Crippen molar-refractivity contribution in [2.45, 2.75) is 52.1 Å². The number of hydrogen-bond acceptors (Lipinski definition) is 5. The van der Waals surface area contributed by atoms with Crippen molar-refractivity contribution < 1.29 is 24.2 Å². The molecule has 0 radical (unpaired) electrons. The summed E-state index contributed by atoms with van der Waals surface area (Å²) in [5.41, 5.74) is 3.43. The van der Waals surface area contributed by atoms with Gasteiger partial charge in [-0.2, -0.15) is 0 Å². The van der Waals surface area contributed by atoms with Crippen LogP contribution in [0.2, 0.25) is 0 Å². The predicted octanol–water partition coefficient (Wildman–Crippen LogP) is 5.43. The maximum Gasteiger partial charge on any atom is 0.410 e. The number of hydrogen-bond donors (Lipinski definition) is 2. The molecule has 8 heteroatoms. The zero-order chi connectivity index (χ0) is 26.6. The Balaban J connectivity index is 1.36. The molecular weight excluding hydrogens is 470 g/mol. The number of nitrogens with zero attached hydrogens (tertiary/aromatic N) is 2. The van der Waals surface area contributed by atoms with Crippen molar-refractivity contribution in [2.24, 2.45) is 5.92 Å². The molecule has 2 heterocycles. The summed E-state index contributed by atoms with van der Waals surface area (Å²) in [5, 5.41) is 9.41. The van der Waals surface area contributed by atoms with Gasteiger partial charge in [-0.05, 0) is 51.3 Å². The summed E-state index contributed by atoms with van der Waals surface area (Å²) in [6.45, 7) is 8.73. The SMILES string of the molecule is Cc1nc(-c2ccccc2)[nH]c1CCOc1ccc([C@@H]2CN(C(=O)OC(C)(C)C)C[C@@H]2CC(=O)O)cc1. The van der Waals surface area contributed by atoms with Crippen LogP contribution in [0, 0.1) is 12.8 Å². The molecule has 3 aromatic rings. The molecule has 1 fully saturated rings. The molecule has 0 spiro atoms. The Kier molecular flexibility index (Phi) is 7.86. The number of carboxylic acids is 1. The molecule has 2 atom stereocenters. The van der Waals surface area contributed by atoms with E-state index in [2.05, 4.69) is 9.97 Å². The zero-order valence-corrected chi connectivity index (χ0v) is 21.9. The quantitative estimate of drug-likeness (QED) is 0.423. The van der Waals surface area contributed by atoms with Crippen LogP contribution in [0.25, 0.3) is 11.4 Å². The smallest absolute Gasteiger partial charge is 0.410 e. The number of rotatable bonds is 8. The molecule has 37 heavy (non-hydrogen) atoms. The number of aryl methyl sites for hydroxylation is 1. The van der Waals surface area contributed by atoms with Gasteiger partial charge < -0.3 is 24.5 Å². The van der Waals surface area contributed by atoms with E-state index < -0.39 is 17.7 Å². The summed E-state index contributed by atoms with van der Waals surface area (Å²) in [7, 11) is 0. The topological polar surface area (TPSA) is 105 Å². The van der Waals surface area contributed by atoms with Gasteiger partial charge in [0.25, 0.3) is 0 Å². The molecule has 1 aliphatic heterocycles. The molecule has 2 aromatic carbocycles. The Labute approximate surface area is 217 Å². The summed E-state index contributed by atoms with van der Waals surface area (Å²) in [5.74, 6) is 0.456. The maximum atomic E-state index is 12.6. The molecule has 1 aliphatic rings. The number of carboxylic acid groups (broad SMARTS) is 1. The van der Waals surface area contributed by atoms with Crippen LogP contribution in [-0.2, 0) is 16.0 Å². The van der Waals surface area contributed by atoms with Crippen molar-refractivity contribution in [1.29, 1.82) is 0 Å². The number of aromatic nitrogens is 2. The molecule has 8 nitrogen and oxygen atoms in total.